The second-order valence-corrected chi connectivity index (χ2v) is 7.71. The molecule has 8 nitrogen and oxygen atoms in total. The van der Waals surface area contributed by atoms with E-state index in [-0.39, 0.29) is 34.5 Å². The van der Waals surface area contributed by atoms with Crippen LogP contribution in [0.25, 0.3) is 22.3 Å². The normalized spacial score (nSPS) is 15.8. The van der Waals surface area contributed by atoms with Gasteiger partial charge in [-0.05, 0) is 37.1 Å². The molecule has 0 bridgehead atoms. The lowest BCUT2D eigenvalue weighted by Gasteiger charge is -2.24. The van der Waals surface area contributed by atoms with Gasteiger partial charge in [-0.3, -0.25) is 9.78 Å². The summed E-state index contributed by atoms with van der Waals surface area (Å²) < 4.78 is 40.2. The Kier molecular flexibility index (Phi) is 5.37. The Morgan fingerprint density at radius 3 is 2.64 bits per heavy atom. The predicted molar refractivity (Wildman–Crippen MR) is 114 cm³/mol. The van der Waals surface area contributed by atoms with Crippen molar-refractivity contribution in [2.75, 3.05) is 18.4 Å². The van der Waals surface area contributed by atoms with Crippen molar-refractivity contribution in [3.05, 3.63) is 65.7 Å². The molecule has 1 unspecified atom stereocenters. The first kappa shape index (κ1) is 20.9. The number of benzene rings is 2. The molecule has 0 radical (unpaired) electrons. The molecule has 0 aliphatic carbocycles. The van der Waals surface area contributed by atoms with Gasteiger partial charge in [0.2, 0.25) is 0 Å². The van der Waals surface area contributed by atoms with E-state index >= 15 is 0 Å². The molecule has 11 heteroatoms. The summed E-state index contributed by atoms with van der Waals surface area (Å²) >= 11 is 0. The number of fused-ring (bicyclic) bond motifs is 1. The van der Waals surface area contributed by atoms with Crippen molar-refractivity contribution in [3.8, 4) is 11.3 Å². The number of rotatable bonds is 5. The van der Waals surface area contributed by atoms with Gasteiger partial charge in [0, 0.05) is 36.8 Å². The van der Waals surface area contributed by atoms with Gasteiger partial charge >= 0.3 is 0 Å². The molecule has 33 heavy (non-hydrogen) atoms. The first-order valence-corrected chi connectivity index (χ1v) is 10.3. The quantitative estimate of drug-likeness (QED) is 0.480. The summed E-state index contributed by atoms with van der Waals surface area (Å²) in [5.74, 6) is -2.25. The third-order valence-electron chi connectivity index (χ3n) is 5.61. The third-order valence-corrected chi connectivity index (χ3v) is 5.61. The predicted octanol–water partition coefficient (Wildman–Crippen LogP) is 3.55. The summed E-state index contributed by atoms with van der Waals surface area (Å²) in [6, 6.07) is 7.53. The van der Waals surface area contributed by atoms with E-state index < -0.39 is 11.6 Å². The van der Waals surface area contributed by atoms with Crippen LogP contribution in [0.1, 0.15) is 23.3 Å². The summed E-state index contributed by atoms with van der Waals surface area (Å²) in [6.45, 7) is 0.939. The van der Waals surface area contributed by atoms with Crippen LogP contribution in [0, 0.1) is 17.5 Å². The Morgan fingerprint density at radius 2 is 1.85 bits per heavy atom. The topological polar surface area (TPSA) is 99.7 Å². The van der Waals surface area contributed by atoms with E-state index in [9.17, 15) is 18.0 Å². The standard InChI is InChI=1S/C22H18F3N7O/c23-13-5-3-12(4-6-13)20-21(30-31-29-20)22(33)32-7-1-2-14(32)10-27-19-11-26-17-8-15(24)16(25)9-18(17)28-19/h3-6,8-9,11,14H,1-2,7,10H2,(H,27,28)(H,29,30,31). The largest absolute Gasteiger partial charge is 0.367 e. The average molecular weight is 453 g/mol. The Morgan fingerprint density at radius 1 is 1.09 bits per heavy atom. The molecular weight excluding hydrogens is 435 g/mol. The molecule has 1 atom stereocenters. The lowest BCUT2D eigenvalue weighted by Crippen LogP contribution is -2.40. The molecule has 1 saturated heterocycles. The summed E-state index contributed by atoms with van der Waals surface area (Å²) in [5.41, 5.74) is 1.57. The van der Waals surface area contributed by atoms with Crippen LogP contribution in [0.4, 0.5) is 19.0 Å². The van der Waals surface area contributed by atoms with Crippen molar-refractivity contribution in [2.24, 2.45) is 0 Å². The fourth-order valence-corrected chi connectivity index (χ4v) is 3.96. The molecule has 3 heterocycles. The highest BCUT2D eigenvalue weighted by molar-refractivity contribution is 5.98. The molecule has 1 amide bonds. The number of hydrogen-bond donors (Lipinski definition) is 2. The van der Waals surface area contributed by atoms with Crippen molar-refractivity contribution in [1.29, 1.82) is 0 Å². The van der Waals surface area contributed by atoms with Gasteiger partial charge in [0.1, 0.15) is 17.3 Å². The number of H-pyrrole nitrogens is 1. The minimum Gasteiger partial charge on any atom is -0.367 e. The van der Waals surface area contributed by atoms with Crippen LogP contribution in [0.3, 0.4) is 0 Å². The van der Waals surface area contributed by atoms with Gasteiger partial charge in [0.25, 0.3) is 5.91 Å². The highest BCUT2D eigenvalue weighted by Crippen LogP contribution is 2.25. The number of carbonyl (C=O) groups excluding carboxylic acids is 1. The summed E-state index contributed by atoms with van der Waals surface area (Å²) in [4.78, 5) is 23.3. The molecule has 4 aromatic rings. The summed E-state index contributed by atoms with van der Waals surface area (Å²) in [7, 11) is 0. The van der Waals surface area contributed by atoms with Crippen LogP contribution >= 0.6 is 0 Å². The van der Waals surface area contributed by atoms with Gasteiger partial charge < -0.3 is 10.2 Å². The van der Waals surface area contributed by atoms with Crippen molar-refractivity contribution in [3.63, 3.8) is 0 Å². The maximum Gasteiger partial charge on any atom is 0.277 e. The average Bonchev–Trinajstić information content (AvgIpc) is 3.48. The Hall–Kier alpha value is -4.02. The number of nitrogens with zero attached hydrogens (tertiary/aromatic N) is 5. The van der Waals surface area contributed by atoms with Crippen LogP contribution in [-0.2, 0) is 0 Å². The van der Waals surface area contributed by atoms with Crippen molar-refractivity contribution in [2.45, 2.75) is 18.9 Å². The number of amides is 1. The zero-order valence-corrected chi connectivity index (χ0v) is 17.2. The number of halogens is 3. The molecule has 2 aromatic carbocycles. The van der Waals surface area contributed by atoms with Gasteiger partial charge in [0.15, 0.2) is 17.3 Å². The minimum absolute atomic E-state index is 0.141. The van der Waals surface area contributed by atoms with Crippen molar-refractivity contribution in [1.82, 2.24) is 30.3 Å². The van der Waals surface area contributed by atoms with E-state index in [1.165, 1.54) is 18.3 Å². The number of carbonyl (C=O) groups is 1. The molecule has 5 rings (SSSR count). The minimum atomic E-state index is -0.994. The fourth-order valence-electron chi connectivity index (χ4n) is 3.96. The molecule has 1 aliphatic rings. The number of nitrogens with one attached hydrogen (secondary N) is 2. The molecule has 0 saturated carbocycles. The monoisotopic (exact) mass is 453 g/mol. The van der Waals surface area contributed by atoms with E-state index in [0.717, 1.165) is 25.0 Å². The third kappa shape index (κ3) is 4.09. The van der Waals surface area contributed by atoms with Gasteiger partial charge in [0.05, 0.1) is 17.2 Å². The zero-order valence-electron chi connectivity index (χ0n) is 17.2. The first-order chi connectivity index (χ1) is 16.0. The lowest BCUT2D eigenvalue weighted by atomic mass is 10.1. The van der Waals surface area contributed by atoms with Gasteiger partial charge in [-0.2, -0.15) is 15.4 Å². The Balaban J connectivity index is 1.31. The van der Waals surface area contributed by atoms with Crippen LogP contribution in [0.5, 0.6) is 0 Å². The maximum atomic E-state index is 13.5. The number of likely N-dealkylation sites (tertiary alicyclic amines) is 1. The lowest BCUT2D eigenvalue weighted by molar-refractivity contribution is 0.0738. The fraction of sp³-hybridized carbons (Fsp3) is 0.227. The second-order valence-electron chi connectivity index (χ2n) is 7.71. The van der Waals surface area contributed by atoms with Crippen LogP contribution in [-0.4, -0.2) is 55.3 Å². The number of aromatic amines is 1. The molecule has 1 fully saturated rings. The summed E-state index contributed by atoms with van der Waals surface area (Å²) in [6.07, 6.45) is 3.02. The number of hydrogen-bond acceptors (Lipinski definition) is 6. The molecule has 0 spiro atoms. The first-order valence-electron chi connectivity index (χ1n) is 10.3. The highest BCUT2D eigenvalue weighted by atomic mass is 19.2. The van der Waals surface area contributed by atoms with Gasteiger partial charge in [-0.1, -0.05) is 0 Å². The van der Waals surface area contributed by atoms with Crippen molar-refractivity contribution >= 4 is 22.8 Å². The van der Waals surface area contributed by atoms with Crippen LogP contribution in [0.15, 0.2) is 42.6 Å². The molecule has 2 N–H and O–H groups in total. The van der Waals surface area contributed by atoms with E-state index in [2.05, 4.69) is 30.7 Å². The molecule has 2 aromatic heterocycles. The highest BCUT2D eigenvalue weighted by Gasteiger charge is 2.32. The van der Waals surface area contributed by atoms with Crippen molar-refractivity contribution < 1.29 is 18.0 Å². The summed E-state index contributed by atoms with van der Waals surface area (Å²) in [5, 5.41) is 13.7. The van der Waals surface area contributed by atoms with Gasteiger partial charge in [-0.15, -0.1) is 0 Å². The van der Waals surface area contributed by atoms with E-state index in [1.54, 1.807) is 17.0 Å². The smallest absolute Gasteiger partial charge is 0.277 e. The SMILES string of the molecule is O=C(c1n[nH]nc1-c1ccc(F)cc1)N1CCCC1CNc1cnc2cc(F)c(F)cc2n1. The molecule has 1 aliphatic heterocycles. The number of aromatic nitrogens is 5. The van der Waals surface area contributed by atoms with E-state index in [4.69, 9.17) is 0 Å². The Bertz CT molecular complexity index is 1330. The molecule has 168 valence electrons. The maximum absolute atomic E-state index is 13.5. The van der Waals surface area contributed by atoms with Gasteiger partial charge in [-0.25, -0.2) is 18.2 Å². The second kappa shape index (κ2) is 8.49. The zero-order chi connectivity index (χ0) is 22.9. The van der Waals surface area contributed by atoms with E-state index in [1.807, 2.05) is 0 Å². The van der Waals surface area contributed by atoms with Crippen LogP contribution < -0.4 is 5.32 Å². The van der Waals surface area contributed by atoms with Crippen LogP contribution in [0.2, 0.25) is 0 Å². The molecular formula is C22H18F3N7O. The number of anilines is 1. The Labute approximate surface area is 185 Å². The van der Waals surface area contributed by atoms with E-state index in [0.29, 0.717) is 30.2 Å².